The molecule has 0 unspecified atom stereocenters. The van der Waals surface area contributed by atoms with E-state index in [1.54, 1.807) is 18.3 Å². The topological polar surface area (TPSA) is 146 Å². The average molecular weight is 586 g/mol. The minimum atomic E-state index is -1.67. The van der Waals surface area contributed by atoms with Crippen LogP contribution >= 0.6 is 0 Å². The van der Waals surface area contributed by atoms with Gasteiger partial charge in [-0.2, -0.15) is 9.97 Å². The fourth-order valence-corrected chi connectivity index (χ4v) is 4.95. The predicted octanol–water partition coefficient (Wildman–Crippen LogP) is 2.84. The van der Waals surface area contributed by atoms with Crippen molar-refractivity contribution in [3.8, 4) is 23.6 Å². The van der Waals surface area contributed by atoms with E-state index in [4.69, 9.17) is 23.4 Å². The first-order valence-corrected chi connectivity index (χ1v) is 17.1. The SMILES string of the molecule is COc1nc(NCCCN2CCOCC2)nc(OC)c1NC(=O)Cc1ccc(Oc2nc([Si](C)(C)C)cnc2C)o1. The van der Waals surface area contributed by atoms with E-state index in [0.29, 0.717) is 29.8 Å². The summed E-state index contributed by atoms with van der Waals surface area (Å²) in [7, 11) is 1.27. The van der Waals surface area contributed by atoms with Gasteiger partial charge in [-0.1, -0.05) is 19.6 Å². The van der Waals surface area contributed by atoms with Gasteiger partial charge in [0.05, 0.1) is 39.5 Å². The monoisotopic (exact) mass is 585 g/mol. The molecule has 0 atom stereocenters. The third-order valence-corrected chi connectivity index (χ3v) is 8.16. The Bertz CT molecular complexity index is 1300. The molecule has 0 aliphatic carbocycles. The first-order chi connectivity index (χ1) is 19.7. The summed E-state index contributed by atoms with van der Waals surface area (Å²) >= 11 is 0. The van der Waals surface area contributed by atoms with Crippen molar-refractivity contribution in [2.45, 2.75) is 39.4 Å². The maximum Gasteiger partial charge on any atom is 0.291 e. The highest BCUT2D eigenvalue weighted by Gasteiger charge is 2.22. The molecule has 1 amide bonds. The van der Waals surface area contributed by atoms with Gasteiger partial charge in [0.2, 0.25) is 29.5 Å². The normalized spacial score (nSPS) is 14.0. The minimum absolute atomic E-state index is 0.0587. The van der Waals surface area contributed by atoms with Crippen LogP contribution in [0.2, 0.25) is 19.6 Å². The average Bonchev–Trinajstić information content (AvgIpc) is 3.39. The van der Waals surface area contributed by atoms with Crippen LogP contribution in [0.25, 0.3) is 0 Å². The Morgan fingerprint density at radius 3 is 2.41 bits per heavy atom. The second kappa shape index (κ2) is 13.7. The lowest BCUT2D eigenvalue weighted by Gasteiger charge is -2.26. The number of carbonyl (C=O) groups is 1. The number of hydrogen-bond donors (Lipinski definition) is 2. The number of furan rings is 1. The lowest BCUT2D eigenvalue weighted by molar-refractivity contribution is -0.115. The molecule has 1 fully saturated rings. The van der Waals surface area contributed by atoms with Gasteiger partial charge < -0.3 is 34.0 Å². The summed E-state index contributed by atoms with van der Waals surface area (Å²) in [5, 5.41) is 6.92. The summed E-state index contributed by atoms with van der Waals surface area (Å²) in [5.74, 6) is 1.36. The van der Waals surface area contributed by atoms with Gasteiger partial charge in [-0.05, 0) is 26.0 Å². The van der Waals surface area contributed by atoms with E-state index in [1.807, 2.05) is 6.92 Å². The second-order valence-corrected chi connectivity index (χ2v) is 15.6. The zero-order valence-electron chi connectivity index (χ0n) is 24.6. The number of nitrogens with one attached hydrogen (secondary N) is 2. The Hall–Kier alpha value is -3.75. The molecule has 0 radical (unpaired) electrons. The molecule has 0 aromatic carbocycles. The van der Waals surface area contributed by atoms with E-state index in [1.165, 1.54) is 14.2 Å². The summed E-state index contributed by atoms with van der Waals surface area (Å²) in [4.78, 5) is 33.1. The van der Waals surface area contributed by atoms with Gasteiger partial charge in [0.25, 0.3) is 5.95 Å². The van der Waals surface area contributed by atoms with Gasteiger partial charge in [-0.3, -0.25) is 14.7 Å². The molecular weight excluding hydrogens is 546 g/mol. The number of rotatable bonds is 13. The molecule has 1 saturated heterocycles. The van der Waals surface area contributed by atoms with Gasteiger partial charge >= 0.3 is 0 Å². The smallest absolute Gasteiger partial charge is 0.291 e. The highest BCUT2D eigenvalue weighted by atomic mass is 28.3. The maximum absolute atomic E-state index is 12.9. The number of nitrogens with zero attached hydrogens (tertiary/aromatic N) is 5. The van der Waals surface area contributed by atoms with Crippen LogP contribution in [0, 0.1) is 6.92 Å². The van der Waals surface area contributed by atoms with Crippen LogP contribution in [0.1, 0.15) is 17.9 Å². The molecule has 1 aliphatic rings. The zero-order valence-corrected chi connectivity index (χ0v) is 25.6. The van der Waals surface area contributed by atoms with Crippen molar-refractivity contribution in [3.05, 3.63) is 29.8 Å². The maximum atomic E-state index is 12.9. The number of morpholine rings is 1. The molecule has 3 aromatic rings. The van der Waals surface area contributed by atoms with Crippen LogP contribution in [-0.2, 0) is 16.0 Å². The zero-order chi connectivity index (χ0) is 29.4. The third-order valence-electron chi connectivity index (χ3n) is 6.38. The highest BCUT2D eigenvalue weighted by molar-refractivity contribution is 6.88. The summed E-state index contributed by atoms with van der Waals surface area (Å²) in [6, 6.07) is 3.32. The van der Waals surface area contributed by atoms with E-state index in [-0.39, 0.29) is 35.7 Å². The molecule has 13 nitrogen and oxygen atoms in total. The van der Waals surface area contributed by atoms with Crippen LogP contribution in [0.15, 0.2) is 22.7 Å². The Balaban J connectivity index is 1.35. The molecule has 4 rings (SSSR count). The van der Waals surface area contributed by atoms with Crippen molar-refractivity contribution in [2.75, 3.05) is 64.2 Å². The molecule has 3 aromatic heterocycles. The molecular formula is C27H39N7O6Si. The second-order valence-electron chi connectivity index (χ2n) is 10.6. The van der Waals surface area contributed by atoms with Crippen LogP contribution in [0.3, 0.4) is 0 Å². The van der Waals surface area contributed by atoms with Crippen molar-refractivity contribution in [2.24, 2.45) is 0 Å². The summed E-state index contributed by atoms with van der Waals surface area (Å²) < 4.78 is 27.9. The number of carbonyl (C=O) groups excluding carboxylic acids is 1. The molecule has 0 saturated carbocycles. The van der Waals surface area contributed by atoms with Crippen LogP contribution in [0.5, 0.6) is 23.6 Å². The lowest BCUT2D eigenvalue weighted by atomic mass is 10.3. The van der Waals surface area contributed by atoms with Gasteiger partial charge in [0.1, 0.15) is 13.8 Å². The van der Waals surface area contributed by atoms with Gasteiger partial charge in [-0.25, -0.2) is 4.98 Å². The predicted molar refractivity (Wildman–Crippen MR) is 156 cm³/mol. The Kier molecular flexibility index (Phi) is 10.1. The van der Waals surface area contributed by atoms with Crippen molar-refractivity contribution in [1.82, 2.24) is 24.8 Å². The van der Waals surface area contributed by atoms with Crippen LogP contribution in [-0.4, -0.2) is 92.4 Å². The number of amides is 1. The largest absolute Gasteiger partial charge is 0.479 e. The first-order valence-electron chi connectivity index (χ1n) is 13.6. The first kappa shape index (κ1) is 30.2. The van der Waals surface area contributed by atoms with Crippen molar-refractivity contribution < 1.29 is 28.2 Å². The summed E-state index contributed by atoms with van der Waals surface area (Å²) in [5.41, 5.74) is 0.882. The van der Waals surface area contributed by atoms with E-state index in [0.717, 1.165) is 44.6 Å². The fourth-order valence-electron chi connectivity index (χ4n) is 4.07. The van der Waals surface area contributed by atoms with Crippen LogP contribution < -0.4 is 30.2 Å². The number of hydrogen-bond acceptors (Lipinski definition) is 12. The van der Waals surface area contributed by atoms with E-state index < -0.39 is 8.07 Å². The Labute approximate surface area is 241 Å². The number of methoxy groups -OCH3 is 2. The summed E-state index contributed by atoms with van der Waals surface area (Å²) in [6.07, 6.45) is 2.65. The lowest BCUT2D eigenvalue weighted by Crippen LogP contribution is -2.40. The van der Waals surface area contributed by atoms with Gasteiger partial charge in [-0.15, -0.1) is 0 Å². The molecule has 14 heteroatoms. The number of ether oxygens (including phenoxy) is 4. The third kappa shape index (κ3) is 8.37. The van der Waals surface area contributed by atoms with Gasteiger partial charge in [0.15, 0.2) is 5.69 Å². The quantitative estimate of drug-likeness (QED) is 0.225. The Morgan fingerprint density at radius 2 is 1.76 bits per heavy atom. The molecule has 0 bridgehead atoms. The standard InChI is InChI=1S/C27H39N7O6Si/c1-18-24(31-21(17-29-18)41(4,5)6)40-22-9-8-19(39-22)16-20(35)30-23-25(36-2)32-27(33-26(23)37-3)28-10-7-11-34-12-14-38-15-13-34/h8-9,17H,7,10-16H2,1-6H3,(H,30,35)(H,28,32,33). The fraction of sp³-hybridized carbons (Fsp3) is 0.519. The number of aryl methyl sites for hydroxylation is 1. The highest BCUT2D eigenvalue weighted by Crippen LogP contribution is 2.33. The van der Waals surface area contributed by atoms with Crippen molar-refractivity contribution >= 4 is 30.9 Å². The van der Waals surface area contributed by atoms with Gasteiger partial charge in [0, 0.05) is 37.2 Å². The molecule has 2 N–H and O–H groups in total. The van der Waals surface area contributed by atoms with Crippen LogP contribution in [0.4, 0.5) is 11.6 Å². The molecule has 222 valence electrons. The number of anilines is 2. The minimum Gasteiger partial charge on any atom is -0.479 e. The van der Waals surface area contributed by atoms with E-state index in [9.17, 15) is 4.79 Å². The van der Waals surface area contributed by atoms with Crippen molar-refractivity contribution in [1.29, 1.82) is 0 Å². The van der Waals surface area contributed by atoms with Crippen molar-refractivity contribution in [3.63, 3.8) is 0 Å². The number of aromatic nitrogens is 4. The molecule has 41 heavy (non-hydrogen) atoms. The molecule has 1 aliphatic heterocycles. The summed E-state index contributed by atoms with van der Waals surface area (Å²) in [6.45, 7) is 13.4. The molecule has 4 heterocycles. The Morgan fingerprint density at radius 1 is 1.05 bits per heavy atom. The van der Waals surface area contributed by atoms with E-state index >= 15 is 0 Å². The van der Waals surface area contributed by atoms with E-state index in [2.05, 4.69) is 55.1 Å². The molecule has 0 spiro atoms.